The van der Waals surface area contributed by atoms with Gasteiger partial charge in [0.2, 0.25) is 0 Å². The van der Waals surface area contributed by atoms with E-state index in [2.05, 4.69) is 29.2 Å². The molecule has 1 aliphatic heterocycles. The van der Waals surface area contributed by atoms with Crippen molar-refractivity contribution in [3.63, 3.8) is 0 Å². The van der Waals surface area contributed by atoms with Crippen molar-refractivity contribution in [2.24, 2.45) is 0 Å². The topological polar surface area (TPSA) is 38.7 Å². The Bertz CT molecular complexity index is 347. The molecule has 2 saturated carbocycles. The van der Waals surface area contributed by atoms with Crippen LogP contribution in [0.1, 0.15) is 51.4 Å². The maximum Gasteiger partial charge on any atom is 0.0613 e. The van der Waals surface area contributed by atoms with Crippen molar-refractivity contribution in [1.82, 2.24) is 15.1 Å². The summed E-state index contributed by atoms with van der Waals surface area (Å²) in [5, 5.41) is 13.7. The lowest BCUT2D eigenvalue weighted by Gasteiger charge is -2.47. The van der Waals surface area contributed by atoms with Gasteiger partial charge in [-0.2, -0.15) is 0 Å². The molecule has 3 atom stereocenters. The van der Waals surface area contributed by atoms with E-state index >= 15 is 0 Å². The standard InChI is InChI=1S/C17H33N3O/c1-19-10-4-6-16(12-19)20(2)15-5-3-9-17(11-15,13-21)18-14-7-8-14/h14-16,18,21H,3-13H2,1-2H3. The fourth-order valence-corrected chi connectivity index (χ4v) is 4.43. The van der Waals surface area contributed by atoms with E-state index in [1.165, 1.54) is 51.6 Å². The molecule has 0 spiro atoms. The quantitative estimate of drug-likeness (QED) is 0.805. The first kappa shape index (κ1) is 15.7. The Kier molecular flexibility index (Phi) is 4.89. The van der Waals surface area contributed by atoms with E-state index < -0.39 is 0 Å². The van der Waals surface area contributed by atoms with Gasteiger partial charge in [0.05, 0.1) is 6.61 Å². The number of likely N-dealkylation sites (tertiary alicyclic amines) is 1. The molecule has 21 heavy (non-hydrogen) atoms. The summed E-state index contributed by atoms with van der Waals surface area (Å²) in [5.74, 6) is 0. The molecule has 2 N–H and O–H groups in total. The van der Waals surface area contributed by atoms with Crippen LogP contribution in [-0.2, 0) is 0 Å². The molecule has 1 saturated heterocycles. The molecule has 1 heterocycles. The number of rotatable bonds is 5. The third kappa shape index (κ3) is 3.79. The number of likely N-dealkylation sites (N-methyl/N-ethyl adjacent to an activating group) is 2. The van der Waals surface area contributed by atoms with E-state index in [4.69, 9.17) is 0 Å². The van der Waals surface area contributed by atoms with E-state index in [1.54, 1.807) is 0 Å². The van der Waals surface area contributed by atoms with Crippen LogP contribution in [0.25, 0.3) is 0 Å². The van der Waals surface area contributed by atoms with Crippen LogP contribution in [0.4, 0.5) is 0 Å². The summed E-state index contributed by atoms with van der Waals surface area (Å²) >= 11 is 0. The van der Waals surface area contributed by atoms with Crippen LogP contribution in [-0.4, -0.2) is 72.4 Å². The van der Waals surface area contributed by atoms with Crippen LogP contribution in [0, 0.1) is 0 Å². The highest BCUT2D eigenvalue weighted by molar-refractivity contribution is 5.01. The van der Waals surface area contributed by atoms with Gasteiger partial charge >= 0.3 is 0 Å². The van der Waals surface area contributed by atoms with Gasteiger partial charge in [0, 0.05) is 30.2 Å². The van der Waals surface area contributed by atoms with Gasteiger partial charge < -0.3 is 15.3 Å². The van der Waals surface area contributed by atoms with Gasteiger partial charge in [-0.3, -0.25) is 4.90 Å². The fraction of sp³-hybridized carbons (Fsp3) is 1.00. The zero-order valence-electron chi connectivity index (χ0n) is 13.9. The molecule has 0 aromatic heterocycles. The second-order valence-electron chi connectivity index (χ2n) is 7.83. The third-order valence-corrected chi connectivity index (χ3v) is 5.96. The summed E-state index contributed by atoms with van der Waals surface area (Å²) in [7, 11) is 4.56. The number of aliphatic hydroxyl groups excluding tert-OH is 1. The second-order valence-corrected chi connectivity index (χ2v) is 7.83. The highest BCUT2D eigenvalue weighted by Gasteiger charge is 2.41. The maximum atomic E-state index is 9.98. The number of nitrogens with one attached hydrogen (secondary N) is 1. The smallest absolute Gasteiger partial charge is 0.0613 e. The first-order valence-corrected chi connectivity index (χ1v) is 8.91. The first-order valence-electron chi connectivity index (χ1n) is 8.91. The summed E-state index contributed by atoms with van der Waals surface area (Å²) in [4.78, 5) is 5.10. The van der Waals surface area contributed by atoms with Crippen molar-refractivity contribution in [3.8, 4) is 0 Å². The first-order chi connectivity index (χ1) is 10.1. The van der Waals surface area contributed by atoms with E-state index in [1.807, 2.05) is 0 Å². The average molecular weight is 295 g/mol. The molecule has 3 rings (SSSR count). The molecule has 4 nitrogen and oxygen atoms in total. The molecule has 0 radical (unpaired) electrons. The van der Waals surface area contributed by atoms with Gasteiger partial charge in [0.25, 0.3) is 0 Å². The van der Waals surface area contributed by atoms with Crippen LogP contribution in [0.2, 0.25) is 0 Å². The highest BCUT2D eigenvalue weighted by atomic mass is 16.3. The molecule has 0 bridgehead atoms. The molecule has 122 valence electrons. The van der Waals surface area contributed by atoms with Gasteiger partial charge in [0.15, 0.2) is 0 Å². The van der Waals surface area contributed by atoms with Crippen LogP contribution < -0.4 is 5.32 Å². The fourth-order valence-electron chi connectivity index (χ4n) is 4.43. The average Bonchev–Trinajstić information content (AvgIpc) is 3.30. The Labute approximate surface area is 129 Å². The maximum absolute atomic E-state index is 9.98. The van der Waals surface area contributed by atoms with Gasteiger partial charge in [-0.25, -0.2) is 0 Å². The minimum Gasteiger partial charge on any atom is -0.394 e. The third-order valence-electron chi connectivity index (χ3n) is 5.96. The largest absolute Gasteiger partial charge is 0.394 e. The summed E-state index contributed by atoms with van der Waals surface area (Å²) in [6.45, 7) is 2.76. The molecule has 0 amide bonds. The van der Waals surface area contributed by atoms with Gasteiger partial charge in [-0.05, 0) is 72.0 Å². The molecular formula is C17H33N3O. The van der Waals surface area contributed by atoms with Crippen molar-refractivity contribution in [2.45, 2.75) is 75.0 Å². The number of hydrogen-bond acceptors (Lipinski definition) is 4. The van der Waals surface area contributed by atoms with Crippen LogP contribution in [0.15, 0.2) is 0 Å². The van der Waals surface area contributed by atoms with Crippen molar-refractivity contribution in [1.29, 1.82) is 0 Å². The van der Waals surface area contributed by atoms with Gasteiger partial charge in [-0.15, -0.1) is 0 Å². The predicted molar refractivity (Wildman–Crippen MR) is 86.5 cm³/mol. The van der Waals surface area contributed by atoms with Crippen molar-refractivity contribution >= 4 is 0 Å². The molecule has 0 aromatic carbocycles. The van der Waals surface area contributed by atoms with E-state index in [9.17, 15) is 5.11 Å². The predicted octanol–water partition coefficient (Wildman–Crippen LogP) is 1.44. The zero-order chi connectivity index (χ0) is 14.9. The molecule has 3 fully saturated rings. The van der Waals surface area contributed by atoms with Crippen LogP contribution in [0.3, 0.4) is 0 Å². The van der Waals surface area contributed by atoms with E-state index in [0.717, 1.165) is 12.8 Å². The number of aliphatic hydroxyl groups is 1. The highest BCUT2D eigenvalue weighted by Crippen LogP contribution is 2.35. The normalized spacial score (nSPS) is 38.9. The molecule has 3 aliphatic rings. The van der Waals surface area contributed by atoms with Gasteiger partial charge in [-0.1, -0.05) is 0 Å². The number of nitrogens with zero attached hydrogens (tertiary/aromatic N) is 2. The summed E-state index contributed by atoms with van der Waals surface area (Å²) in [6.07, 6.45) is 10.1. The Hall–Kier alpha value is -0.160. The Balaban J connectivity index is 1.61. The zero-order valence-corrected chi connectivity index (χ0v) is 13.9. The van der Waals surface area contributed by atoms with Crippen LogP contribution >= 0.6 is 0 Å². The van der Waals surface area contributed by atoms with E-state index in [-0.39, 0.29) is 5.54 Å². The minimum absolute atomic E-state index is 0.00108. The molecule has 0 aromatic rings. The van der Waals surface area contributed by atoms with Crippen LogP contribution in [0.5, 0.6) is 0 Å². The SMILES string of the molecule is CN1CCCC(N(C)C2CCCC(CO)(NC3CC3)C2)C1. The second kappa shape index (κ2) is 6.53. The van der Waals surface area contributed by atoms with Crippen molar-refractivity contribution in [3.05, 3.63) is 0 Å². The number of hydrogen-bond donors (Lipinski definition) is 2. The Morgan fingerprint density at radius 1 is 1.19 bits per heavy atom. The molecular weight excluding hydrogens is 262 g/mol. The lowest BCUT2D eigenvalue weighted by molar-refractivity contribution is 0.0329. The number of piperidine rings is 1. The Morgan fingerprint density at radius 2 is 1.95 bits per heavy atom. The monoisotopic (exact) mass is 295 g/mol. The summed E-state index contributed by atoms with van der Waals surface area (Å²) in [5.41, 5.74) is -0.00108. The Morgan fingerprint density at radius 3 is 2.62 bits per heavy atom. The minimum atomic E-state index is -0.00108. The van der Waals surface area contributed by atoms with E-state index in [0.29, 0.717) is 24.7 Å². The van der Waals surface area contributed by atoms with Crippen molar-refractivity contribution in [2.75, 3.05) is 33.8 Å². The van der Waals surface area contributed by atoms with Crippen molar-refractivity contribution < 1.29 is 5.11 Å². The molecule has 2 aliphatic carbocycles. The van der Waals surface area contributed by atoms with Gasteiger partial charge in [0.1, 0.15) is 0 Å². The lowest BCUT2D eigenvalue weighted by atomic mass is 9.78. The molecule has 4 heteroatoms. The summed E-state index contributed by atoms with van der Waals surface area (Å²) in [6, 6.07) is 2.01. The lowest BCUT2D eigenvalue weighted by Crippen LogP contribution is -2.58. The summed E-state index contributed by atoms with van der Waals surface area (Å²) < 4.78 is 0. The molecule has 3 unspecified atom stereocenters.